The number of halogens is 1. The van der Waals surface area contributed by atoms with Crippen LogP contribution in [0.5, 0.6) is 11.5 Å². The molecule has 6 nitrogen and oxygen atoms in total. The van der Waals surface area contributed by atoms with Crippen molar-refractivity contribution in [2.24, 2.45) is 5.10 Å². The van der Waals surface area contributed by atoms with E-state index in [0.717, 1.165) is 23.4 Å². The average molecular weight is 419 g/mol. The van der Waals surface area contributed by atoms with Crippen LogP contribution in [0.1, 0.15) is 27.0 Å². The van der Waals surface area contributed by atoms with E-state index in [1.165, 1.54) is 18.3 Å². The first-order chi connectivity index (χ1) is 15.1. The summed E-state index contributed by atoms with van der Waals surface area (Å²) in [6.45, 7) is 1.38. The summed E-state index contributed by atoms with van der Waals surface area (Å²) >= 11 is 0. The van der Waals surface area contributed by atoms with Crippen molar-refractivity contribution < 1.29 is 18.7 Å². The molecule has 0 saturated heterocycles. The van der Waals surface area contributed by atoms with Crippen molar-refractivity contribution >= 4 is 17.8 Å². The van der Waals surface area contributed by atoms with Crippen LogP contribution in [0.15, 0.2) is 65.8 Å². The van der Waals surface area contributed by atoms with Crippen molar-refractivity contribution in [3.63, 3.8) is 0 Å². The molecule has 3 aromatic rings. The second kappa shape index (κ2) is 8.87. The van der Waals surface area contributed by atoms with E-state index in [0.29, 0.717) is 29.2 Å². The van der Waals surface area contributed by atoms with E-state index in [-0.39, 0.29) is 11.7 Å². The number of anilines is 1. The number of carbonyl (C=O) groups is 1. The molecule has 1 aliphatic rings. The summed E-state index contributed by atoms with van der Waals surface area (Å²) in [5.41, 5.74) is 6.96. The molecular weight excluding hydrogens is 397 g/mol. The fourth-order valence-corrected chi connectivity index (χ4v) is 3.52. The maximum absolute atomic E-state index is 13.2. The van der Waals surface area contributed by atoms with Gasteiger partial charge in [0.1, 0.15) is 17.3 Å². The Labute approximate surface area is 179 Å². The summed E-state index contributed by atoms with van der Waals surface area (Å²) in [5.74, 6) is 0.709. The molecule has 0 fully saturated rings. The number of hydrogen-bond acceptors (Lipinski definition) is 5. The Morgan fingerprint density at radius 3 is 2.52 bits per heavy atom. The lowest BCUT2D eigenvalue weighted by Crippen LogP contribution is -2.18. The van der Waals surface area contributed by atoms with Gasteiger partial charge in [0.25, 0.3) is 5.91 Å². The second-order valence-corrected chi connectivity index (χ2v) is 7.12. The first kappa shape index (κ1) is 20.4. The molecule has 0 unspecified atom stereocenters. The van der Waals surface area contributed by atoms with Gasteiger partial charge in [0.15, 0.2) is 0 Å². The summed E-state index contributed by atoms with van der Waals surface area (Å²) in [6, 6.07) is 17.4. The van der Waals surface area contributed by atoms with Crippen molar-refractivity contribution in [2.75, 3.05) is 19.1 Å². The van der Waals surface area contributed by atoms with Crippen LogP contribution in [0, 0.1) is 5.82 Å². The number of nitrogens with zero attached hydrogens (tertiary/aromatic N) is 2. The van der Waals surface area contributed by atoms with Gasteiger partial charge in [-0.25, -0.2) is 9.82 Å². The smallest absolute Gasteiger partial charge is 0.271 e. The highest BCUT2D eigenvalue weighted by Gasteiger charge is 2.20. The number of hydrazone groups is 1. The van der Waals surface area contributed by atoms with Crippen LogP contribution in [-0.2, 0) is 13.1 Å². The molecule has 31 heavy (non-hydrogen) atoms. The molecule has 158 valence electrons. The molecule has 0 bridgehead atoms. The van der Waals surface area contributed by atoms with Gasteiger partial charge in [-0.05, 0) is 59.7 Å². The highest BCUT2D eigenvalue weighted by atomic mass is 19.1. The SMILES string of the molecule is COc1ccc(/C=N\NC(=O)c2ccc3c(c2)CN(c2ccc(F)cc2)C3)c(OC)c1. The number of amides is 1. The van der Waals surface area contributed by atoms with E-state index >= 15 is 0 Å². The van der Waals surface area contributed by atoms with E-state index in [9.17, 15) is 9.18 Å². The highest BCUT2D eigenvalue weighted by molar-refractivity contribution is 5.95. The number of nitrogens with one attached hydrogen (secondary N) is 1. The zero-order valence-corrected chi connectivity index (χ0v) is 17.3. The minimum atomic E-state index is -0.299. The number of hydrogen-bond donors (Lipinski definition) is 1. The lowest BCUT2D eigenvalue weighted by atomic mass is 10.1. The Bertz CT molecular complexity index is 1130. The fraction of sp³-hybridized carbons (Fsp3) is 0.167. The van der Waals surface area contributed by atoms with E-state index in [1.807, 2.05) is 12.1 Å². The minimum absolute atomic E-state index is 0.257. The normalized spacial score (nSPS) is 12.7. The standard InChI is InChI=1S/C24H22FN3O3/c1-30-22-10-5-17(23(12-22)31-2)13-26-27-24(29)16-3-4-18-14-28(15-19(18)11-16)21-8-6-20(25)7-9-21/h3-13H,14-15H2,1-2H3,(H,27,29)/b26-13-. The maximum atomic E-state index is 13.2. The molecule has 3 aromatic carbocycles. The third-order valence-corrected chi connectivity index (χ3v) is 5.19. The molecular formula is C24H22FN3O3. The molecule has 4 rings (SSSR count). The average Bonchev–Trinajstić information content (AvgIpc) is 3.23. The van der Waals surface area contributed by atoms with E-state index < -0.39 is 0 Å². The van der Waals surface area contributed by atoms with Gasteiger partial charge in [-0.15, -0.1) is 0 Å². The summed E-state index contributed by atoms with van der Waals surface area (Å²) in [6.07, 6.45) is 1.53. The summed E-state index contributed by atoms with van der Waals surface area (Å²) < 4.78 is 23.7. The van der Waals surface area contributed by atoms with Crippen LogP contribution in [0.2, 0.25) is 0 Å². The van der Waals surface area contributed by atoms with Gasteiger partial charge < -0.3 is 14.4 Å². The number of carbonyl (C=O) groups excluding carboxylic acids is 1. The van der Waals surface area contributed by atoms with Gasteiger partial charge in [0.05, 0.1) is 20.4 Å². The fourth-order valence-electron chi connectivity index (χ4n) is 3.52. The number of benzene rings is 3. The van der Waals surface area contributed by atoms with Gasteiger partial charge in [-0.1, -0.05) is 6.07 Å². The summed E-state index contributed by atoms with van der Waals surface area (Å²) in [4.78, 5) is 14.7. The molecule has 0 atom stereocenters. The van der Waals surface area contributed by atoms with Gasteiger partial charge in [-0.2, -0.15) is 5.10 Å². The molecule has 1 heterocycles. The Hall–Kier alpha value is -3.87. The molecule has 0 aromatic heterocycles. The van der Waals surface area contributed by atoms with E-state index in [4.69, 9.17) is 9.47 Å². The van der Waals surface area contributed by atoms with Gasteiger partial charge in [-0.3, -0.25) is 4.79 Å². The Balaban J connectivity index is 1.42. The quantitative estimate of drug-likeness (QED) is 0.482. The van der Waals surface area contributed by atoms with Crippen molar-refractivity contribution in [1.29, 1.82) is 0 Å². The highest BCUT2D eigenvalue weighted by Crippen LogP contribution is 2.29. The topological polar surface area (TPSA) is 63.2 Å². The van der Waals surface area contributed by atoms with Crippen LogP contribution in [0.4, 0.5) is 10.1 Å². The monoisotopic (exact) mass is 419 g/mol. The molecule has 1 N–H and O–H groups in total. The van der Waals surface area contributed by atoms with Crippen molar-refractivity contribution in [2.45, 2.75) is 13.1 Å². The molecule has 0 spiro atoms. The van der Waals surface area contributed by atoms with Crippen molar-refractivity contribution in [1.82, 2.24) is 5.43 Å². The summed E-state index contributed by atoms with van der Waals surface area (Å²) in [7, 11) is 3.14. The molecule has 1 aliphatic heterocycles. The zero-order chi connectivity index (χ0) is 21.8. The summed E-state index contributed by atoms with van der Waals surface area (Å²) in [5, 5.41) is 4.06. The lowest BCUT2D eigenvalue weighted by Gasteiger charge is -2.17. The van der Waals surface area contributed by atoms with Gasteiger partial charge in [0.2, 0.25) is 0 Å². The van der Waals surface area contributed by atoms with Crippen LogP contribution in [0.25, 0.3) is 0 Å². The largest absolute Gasteiger partial charge is 0.497 e. The molecule has 0 radical (unpaired) electrons. The molecule has 0 saturated carbocycles. The van der Waals surface area contributed by atoms with Gasteiger partial charge in [0, 0.05) is 36.0 Å². The zero-order valence-electron chi connectivity index (χ0n) is 17.3. The van der Waals surface area contributed by atoms with Crippen LogP contribution < -0.4 is 19.8 Å². The lowest BCUT2D eigenvalue weighted by molar-refractivity contribution is 0.0955. The maximum Gasteiger partial charge on any atom is 0.271 e. The molecule has 7 heteroatoms. The first-order valence-electron chi connectivity index (χ1n) is 9.75. The predicted octanol–water partition coefficient (Wildman–Crippen LogP) is 4.13. The third-order valence-electron chi connectivity index (χ3n) is 5.19. The van der Waals surface area contributed by atoms with Crippen LogP contribution in [0.3, 0.4) is 0 Å². The Kier molecular flexibility index (Phi) is 5.84. The molecule has 1 amide bonds. The van der Waals surface area contributed by atoms with Crippen LogP contribution >= 0.6 is 0 Å². The number of methoxy groups -OCH3 is 2. The van der Waals surface area contributed by atoms with E-state index in [2.05, 4.69) is 15.4 Å². The number of fused-ring (bicyclic) bond motifs is 1. The molecule has 0 aliphatic carbocycles. The Morgan fingerprint density at radius 2 is 1.77 bits per heavy atom. The second-order valence-electron chi connectivity index (χ2n) is 7.12. The van der Waals surface area contributed by atoms with Crippen molar-refractivity contribution in [3.05, 3.63) is 88.7 Å². The van der Waals surface area contributed by atoms with E-state index in [1.54, 1.807) is 50.6 Å². The number of rotatable bonds is 6. The predicted molar refractivity (Wildman–Crippen MR) is 117 cm³/mol. The number of ether oxygens (including phenoxy) is 2. The van der Waals surface area contributed by atoms with Crippen molar-refractivity contribution in [3.8, 4) is 11.5 Å². The Morgan fingerprint density at radius 1 is 1.00 bits per heavy atom. The van der Waals surface area contributed by atoms with Crippen LogP contribution in [-0.4, -0.2) is 26.3 Å². The first-order valence-corrected chi connectivity index (χ1v) is 9.75. The van der Waals surface area contributed by atoms with Gasteiger partial charge >= 0.3 is 0 Å². The third kappa shape index (κ3) is 4.50. The minimum Gasteiger partial charge on any atom is -0.497 e.